The molecule has 232 valence electrons. The Bertz CT molecular complexity index is 1440. The van der Waals surface area contributed by atoms with E-state index in [0.717, 1.165) is 30.0 Å². The number of hydrogen-bond donors (Lipinski definition) is 1. The summed E-state index contributed by atoms with van der Waals surface area (Å²) in [5, 5.41) is 10.2. The van der Waals surface area contributed by atoms with Crippen molar-refractivity contribution in [2.75, 3.05) is 42.6 Å². The number of amides is 3. The largest absolute Gasteiger partial charge is 0.394 e. The number of carbonyl (C=O) groups is 3. The van der Waals surface area contributed by atoms with Crippen LogP contribution in [0.4, 0.5) is 11.4 Å². The van der Waals surface area contributed by atoms with Crippen LogP contribution < -0.4 is 9.80 Å². The van der Waals surface area contributed by atoms with E-state index in [4.69, 9.17) is 0 Å². The summed E-state index contributed by atoms with van der Waals surface area (Å²) in [6, 6.07) is 16.6. The Hall–Kier alpha value is -3.56. The normalized spacial score (nSPS) is 28.5. The molecule has 0 radical (unpaired) electrons. The first-order valence-corrected chi connectivity index (χ1v) is 16.7. The fourth-order valence-electron chi connectivity index (χ4n) is 7.55. The van der Waals surface area contributed by atoms with Crippen molar-refractivity contribution in [3.8, 4) is 0 Å². The summed E-state index contributed by atoms with van der Waals surface area (Å²) in [6.45, 7) is 8.99. The van der Waals surface area contributed by atoms with E-state index < -0.39 is 28.7 Å². The van der Waals surface area contributed by atoms with Gasteiger partial charge in [0, 0.05) is 49.3 Å². The quantitative estimate of drug-likeness (QED) is 0.429. The summed E-state index contributed by atoms with van der Waals surface area (Å²) in [6.07, 6.45) is 8.63. The van der Waals surface area contributed by atoms with Crippen LogP contribution in [0, 0.1) is 11.8 Å². The summed E-state index contributed by atoms with van der Waals surface area (Å²) in [7, 11) is 0. The minimum Gasteiger partial charge on any atom is -0.394 e. The number of rotatable bonds is 9. The van der Waals surface area contributed by atoms with Crippen LogP contribution in [0.25, 0.3) is 0 Å². The van der Waals surface area contributed by atoms with Crippen LogP contribution in [0.15, 0.2) is 78.9 Å². The van der Waals surface area contributed by atoms with Crippen molar-refractivity contribution in [1.82, 2.24) is 9.80 Å². The standard InChI is InChI=1S/C35H42N4O4S/c1-4-25(23-40)39-31-34(43)38(27-17-15-26(16-18-27)36(5-2)6-3)21-11-19-35(31)30(33(39)42)29-28(44-35)14-10-20-37(32(29)41)22-24-12-8-7-9-13-24/h7-19,25,28-31,40H,4-6,20-23H2,1-3H3/t25-,28-,29+,30-,31?,35-/m0/s1. The van der Waals surface area contributed by atoms with Gasteiger partial charge in [0.05, 0.1) is 29.2 Å². The average Bonchev–Trinajstić information content (AvgIpc) is 3.37. The molecule has 0 bridgehead atoms. The second-order valence-corrected chi connectivity index (χ2v) is 13.5. The molecular formula is C35H42N4O4S. The summed E-state index contributed by atoms with van der Waals surface area (Å²) in [5.74, 6) is -1.75. The molecule has 8 nitrogen and oxygen atoms in total. The Kier molecular flexibility index (Phi) is 8.61. The number of fused-ring (bicyclic) bond motifs is 2. The molecule has 9 heteroatoms. The van der Waals surface area contributed by atoms with Gasteiger partial charge in [-0.05, 0) is 50.1 Å². The monoisotopic (exact) mass is 614 g/mol. The van der Waals surface area contributed by atoms with E-state index in [2.05, 4.69) is 24.8 Å². The van der Waals surface area contributed by atoms with E-state index in [1.54, 1.807) is 21.6 Å². The van der Waals surface area contributed by atoms with Crippen LogP contribution in [0.1, 0.15) is 32.8 Å². The number of likely N-dealkylation sites (tertiary alicyclic amines) is 1. The molecule has 3 amide bonds. The summed E-state index contributed by atoms with van der Waals surface area (Å²) in [5.41, 5.74) is 2.89. The molecule has 44 heavy (non-hydrogen) atoms. The topological polar surface area (TPSA) is 84.4 Å². The van der Waals surface area contributed by atoms with Gasteiger partial charge in [0.25, 0.3) is 5.91 Å². The fraction of sp³-hybridized carbons (Fsp3) is 0.457. The Balaban J connectivity index is 1.38. The first-order chi connectivity index (χ1) is 21.4. The Morgan fingerprint density at radius 3 is 2.32 bits per heavy atom. The van der Waals surface area contributed by atoms with Crippen molar-refractivity contribution in [1.29, 1.82) is 0 Å². The predicted octanol–water partition coefficient (Wildman–Crippen LogP) is 4.10. The molecule has 1 unspecified atom stereocenters. The minimum absolute atomic E-state index is 0.0573. The van der Waals surface area contributed by atoms with Crippen LogP contribution in [0.3, 0.4) is 0 Å². The number of aliphatic hydroxyl groups is 1. The highest BCUT2D eigenvalue weighted by atomic mass is 32.2. The van der Waals surface area contributed by atoms with Gasteiger partial charge in [-0.1, -0.05) is 61.6 Å². The highest BCUT2D eigenvalue weighted by Gasteiger charge is 2.71. The molecule has 0 aliphatic carbocycles. The lowest BCUT2D eigenvalue weighted by atomic mass is 9.78. The van der Waals surface area contributed by atoms with Gasteiger partial charge >= 0.3 is 0 Å². The Labute approximate surface area is 264 Å². The van der Waals surface area contributed by atoms with Gasteiger partial charge in [0.2, 0.25) is 11.8 Å². The van der Waals surface area contributed by atoms with Gasteiger partial charge < -0.3 is 24.7 Å². The van der Waals surface area contributed by atoms with Gasteiger partial charge in [-0.3, -0.25) is 14.4 Å². The molecule has 0 saturated carbocycles. The molecule has 6 atom stereocenters. The highest BCUT2D eigenvalue weighted by molar-refractivity contribution is 8.02. The van der Waals surface area contributed by atoms with Gasteiger partial charge in [0.15, 0.2) is 0 Å². The highest BCUT2D eigenvalue weighted by Crippen LogP contribution is 2.61. The lowest BCUT2D eigenvalue weighted by molar-refractivity contribution is -0.145. The number of nitrogens with zero attached hydrogens (tertiary/aromatic N) is 4. The van der Waals surface area contributed by atoms with Gasteiger partial charge in [-0.15, -0.1) is 11.8 Å². The molecule has 1 N–H and O–H groups in total. The summed E-state index contributed by atoms with van der Waals surface area (Å²) >= 11 is 1.58. The van der Waals surface area contributed by atoms with Crippen molar-refractivity contribution >= 4 is 40.9 Å². The third-order valence-corrected chi connectivity index (χ3v) is 11.5. The second kappa shape index (κ2) is 12.4. The van der Waals surface area contributed by atoms with Gasteiger partial charge in [-0.25, -0.2) is 0 Å². The molecule has 2 aromatic rings. The van der Waals surface area contributed by atoms with Crippen LogP contribution in [-0.4, -0.2) is 87.5 Å². The molecule has 6 rings (SSSR count). The number of aliphatic hydroxyl groups excluding tert-OH is 1. The summed E-state index contributed by atoms with van der Waals surface area (Å²) in [4.78, 5) is 51.1. The first kappa shape index (κ1) is 30.5. The lowest BCUT2D eigenvalue weighted by Crippen LogP contribution is -2.56. The number of carbonyl (C=O) groups excluding carboxylic acids is 3. The molecule has 2 saturated heterocycles. The SMILES string of the molecule is CC[C@@H](CO)N1C(=O)[C@@H]2[C@@H]3C(=O)N(Cc4ccccc4)CC=C[C@@H]3S[C@@]23C=CCN(c2ccc(N(CC)CC)cc2)C(=O)C13. The van der Waals surface area contributed by atoms with Crippen LogP contribution in [0.2, 0.25) is 0 Å². The predicted molar refractivity (Wildman–Crippen MR) is 175 cm³/mol. The van der Waals surface area contributed by atoms with Crippen molar-refractivity contribution in [3.63, 3.8) is 0 Å². The minimum atomic E-state index is -0.919. The maximum Gasteiger partial charge on any atom is 0.251 e. The van der Waals surface area contributed by atoms with E-state index in [0.29, 0.717) is 26.1 Å². The van der Waals surface area contributed by atoms with Gasteiger partial charge in [-0.2, -0.15) is 0 Å². The Morgan fingerprint density at radius 1 is 0.932 bits per heavy atom. The van der Waals surface area contributed by atoms with E-state index in [1.165, 1.54) is 0 Å². The average molecular weight is 615 g/mol. The van der Waals surface area contributed by atoms with E-state index in [9.17, 15) is 19.5 Å². The zero-order valence-corrected chi connectivity index (χ0v) is 26.5. The van der Waals surface area contributed by atoms with Crippen molar-refractivity contribution in [3.05, 3.63) is 84.5 Å². The third-order valence-electron chi connectivity index (χ3n) is 9.76. The third kappa shape index (κ3) is 4.94. The number of benzene rings is 2. The van der Waals surface area contributed by atoms with Crippen molar-refractivity contribution in [2.24, 2.45) is 11.8 Å². The van der Waals surface area contributed by atoms with Crippen LogP contribution >= 0.6 is 11.8 Å². The maximum absolute atomic E-state index is 14.7. The molecule has 2 fully saturated rings. The fourth-order valence-corrected chi connectivity index (χ4v) is 9.54. The van der Waals surface area contributed by atoms with Crippen molar-refractivity contribution in [2.45, 2.75) is 55.8 Å². The number of anilines is 2. The maximum atomic E-state index is 14.7. The molecule has 0 aromatic heterocycles. The van der Waals surface area contributed by atoms with E-state index >= 15 is 0 Å². The zero-order chi connectivity index (χ0) is 31.0. The Morgan fingerprint density at radius 2 is 1.66 bits per heavy atom. The molecular weight excluding hydrogens is 572 g/mol. The second-order valence-electron chi connectivity index (χ2n) is 12.0. The smallest absolute Gasteiger partial charge is 0.251 e. The molecule has 1 spiro atoms. The number of thioether (sulfide) groups is 1. The zero-order valence-electron chi connectivity index (χ0n) is 25.7. The van der Waals surface area contributed by atoms with Gasteiger partial charge in [0.1, 0.15) is 6.04 Å². The van der Waals surface area contributed by atoms with Crippen LogP contribution in [0.5, 0.6) is 0 Å². The van der Waals surface area contributed by atoms with E-state index in [1.807, 2.05) is 84.6 Å². The lowest BCUT2D eigenvalue weighted by Gasteiger charge is -2.38. The number of hydrogen-bond acceptors (Lipinski definition) is 6. The molecule has 4 aliphatic heterocycles. The van der Waals surface area contributed by atoms with Crippen LogP contribution in [-0.2, 0) is 20.9 Å². The molecule has 2 aromatic carbocycles. The molecule has 4 aliphatic rings. The van der Waals surface area contributed by atoms with E-state index in [-0.39, 0.29) is 29.6 Å². The molecule has 4 heterocycles. The first-order valence-electron chi connectivity index (χ1n) is 15.8. The van der Waals surface area contributed by atoms with Crippen molar-refractivity contribution < 1.29 is 19.5 Å². The summed E-state index contributed by atoms with van der Waals surface area (Å²) < 4.78 is -0.919.